The van der Waals surface area contributed by atoms with Gasteiger partial charge in [0.05, 0.1) is 12.5 Å². The Labute approximate surface area is 99.7 Å². The Morgan fingerprint density at radius 3 is 2.82 bits per heavy atom. The number of ether oxygens (including phenoxy) is 1. The maximum Gasteiger partial charge on any atom is 0.223 e. The molecule has 1 aromatic rings. The maximum absolute atomic E-state index is 13.0. The van der Waals surface area contributed by atoms with E-state index in [0.29, 0.717) is 24.3 Å². The van der Waals surface area contributed by atoms with E-state index in [1.165, 1.54) is 18.2 Å². The average molecular weight is 240 g/mol. The van der Waals surface area contributed by atoms with E-state index in [1.54, 1.807) is 6.92 Å². The summed E-state index contributed by atoms with van der Waals surface area (Å²) in [6, 6.07) is 4.23. The molecule has 0 saturated carbocycles. The fourth-order valence-electron chi connectivity index (χ4n) is 1.34. The smallest absolute Gasteiger partial charge is 0.223 e. The molecule has 0 aliphatic carbocycles. The van der Waals surface area contributed by atoms with E-state index in [-0.39, 0.29) is 18.3 Å². The number of nitrogens with two attached hydrogens (primary N) is 2. The molecule has 0 spiro atoms. The van der Waals surface area contributed by atoms with Crippen molar-refractivity contribution in [3.05, 3.63) is 29.6 Å². The molecule has 1 unspecified atom stereocenters. The molecule has 0 saturated heterocycles. The van der Waals surface area contributed by atoms with Crippen LogP contribution in [0.1, 0.15) is 12.5 Å². The first kappa shape index (κ1) is 13.4. The van der Waals surface area contributed by atoms with Gasteiger partial charge in [-0.25, -0.2) is 4.39 Å². The lowest BCUT2D eigenvalue weighted by Crippen LogP contribution is -2.26. The molecule has 0 aliphatic rings. The number of benzene rings is 1. The van der Waals surface area contributed by atoms with Crippen LogP contribution in [0.25, 0.3) is 0 Å². The summed E-state index contributed by atoms with van der Waals surface area (Å²) in [4.78, 5) is 10.8. The minimum absolute atomic E-state index is 0.179. The van der Waals surface area contributed by atoms with E-state index >= 15 is 0 Å². The Kier molecular flexibility index (Phi) is 4.90. The van der Waals surface area contributed by atoms with Gasteiger partial charge < -0.3 is 16.2 Å². The van der Waals surface area contributed by atoms with Crippen LogP contribution in [0.5, 0.6) is 5.75 Å². The van der Waals surface area contributed by atoms with Gasteiger partial charge in [0.15, 0.2) is 0 Å². The van der Waals surface area contributed by atoms with Gasteiger partial charge in [-0.1, -0.05) is 6.92 Å². The van der Waals surface area contributed by atoms with Crippen molar-refractivity contribution in [1.82, 2.24) is 0 Å². The van der Waals surface area contributed by atoms with Gasteiger partial charge in [0, 0.05) is 0 Å². The van der Waals surface area contributed by atoms with Crippen LogP contribution >= 0.6 is 0 Å². The summed E-state index contributed by atoms with van der Waals surface area (Å²) in [7, 11) is 0. The highest BCUT2D eigenvalue weighted by Gasteiger charge is 2.11. The van der Waals surface area contributed by atoms with Crippen LogP contribution in [0.4, 0.5) is 4.39 Å². The molecule has 1 rings (SSSR count). The number of hydrogen-bond acceptors (Lipinski definition) is 3. The Morgan fingerprint density at radius 2 is 2.24 bits per heavy atom. The fourth-order valence-corrected chi connectivity index (χ4v) is 1.34. The molecule has 0 aliphatic heterocycles. The highest BCUT2D eigenvalue weighted by atomic mass is 19.1. The van der Waals surface area contributed by atoms with Crippen LogP contribution in [0, 0.1) is 11.7 Å². The van der Waals surface area contributed by atoms with Gasteiger partial charge in [-0.3, -0.25) is 4.79 Å². The van der Waals surface area contributed by atoms with E-state index < -0.39 is 5.91 Å². The molecule has 0 radical (unpaired) electrons. The van der Waals surface area contributed by atoms with Gasteiger partial charge >= 0.3 is 0 Å². The van der Waals surface area contributed by atoms with Gasteiger partial charge in [-0.05, 0) is 36.7 Å². The first-order valence-corrected chi connectivity index (χ1v) is 5.45. The quantitative estimate of drug-likeness (QED) is 0.773. The van der Waals surface area contributed by atoms with Crippen molar-refractivity contribution in [3.63, 3.8) is 0 Å². The SMILES string of the molecule is CC(COc1ccc(F)cc1CCN)C(N)=O. The summed E-state index contributed by atoms with van der Waals surface area (Å²) in [5.41, 5.74) is 11.3. The highest BCUT2D eigenvalue weighted by molar-refractivity contribution is 5.76. The molecule has 1 amide bonds. The predicted molar refractivity (Wildman–Crippen MR) is 63.0 cm³/mol. The highest BCUT2D eigenvalue weighted by Crippen LogP contribution is 2.20. The van der Waals surface area contributed by atoms with E-state index in [2.05, 4.69) is 0 Å². The standard InChI is InChI=1S/C12H17FN2O2/c1-8(12(15)16)7-17-11-3-2-10(13)6-9(11)4-5-14/h2-3,6,8H,4-5,7,14H2,1H3,(H2,15,16). The maximum atomic E-state index is 13.0. The molecule has 0 bridgehead atoms. The number of carbonyl (C=O) groups excluding carboxylic acids is 1. The van der Waals surface area contributed by atoms with Gasteiger partial charge in [-0.2, -0.15) is 0 Å². The van der Waals surface area contributed by atoms with Crippen molar-refractivity contribution in [2.75, 3.05) is 13.2 Å². The normalized spacial score (nSPS) is 12.2. The van der Waals surface area contributed by atoms with Gasteiger partial charge in [0.2, 0.25) is 5.91 Å². The number of primary amides is 1. The molecule has 17 heavy (non-hydrogen) atoms. The monoisotopic (exact) mass is 240 g/mol. The van der Waals surface area contributed by atoms with Crippen LogP contribution in [-0.2, 0) is 11.2 Å². The second-order valence-electron chi connectivity index (χ2n) is 3.91. The fraction of sp³-hybridized carbons (Fsp3) is 0.417. The molecule has 0 fully saturated rings. The van der Waals surface area contributed by atoms with Crippen LogP contribution in [0.15, 0.2) is 18.2 Å². The molecule has 4 nitrogen and oxygen atoms in total. The van der Waals surface area contributed by atoms with Crippen LogP contribution in [0.2, 0.25) is 0 Å². The number of carbonyl (C=O) groups is 1. The number of halogens is 1. The lowest BCUT2D eigenvalue weighted by atomic mass is 10.1. The molecule has 5 heteroatoms. The Hall–Kier alpha value is -1.62. The molecular weight excluding hydrogens is 223 g/mol. The lowest BCUT2D eigenvalue weighted by Gasteiger charge is -2.13. The summed E-state index contributed by atoms with van der Waals surface area (Å²) >= 11 is 0. The van der Waals surface area contributed by atoms with Crippen molar-refractivity contribution in [2.24, 2.45) is 17.4 Å². The zero-order valence-electron chi connectivity index (χ0n) is 9.78. The third kappa shape index (κ3) is 4.03. The number of hydrogen-bond donors (Lipinski definition) is 2. The molecule has 0 heterocycles. The predicted octanol–water partition coefficient (Wildman–Crippen LogP) is 0.827. The molecular formula is C12H17FN2O2. The summed E-state index contributed by atoms with van der Waals surface area (Å²) in [6.45, 7) is 2.26. The zero-order chi connectivity index (χ0) is 12.8. The third-order valence-corrected chi connectivity index (χ3v) is 2.41. The van der Waals surface area contributed by atoms with E-state index in [4.69, 9.17) is 16.2 Å². The summed E-state index contributed by atoms with van der Waals surface area (Å²) in [5.74, 6) is -0.591. The summed E-state index contributed by atoms with van der Waals surface area (Å²) in [6.07, 6.45) is 0.526. The molecule has 4 N–H and O–H groups in total. The van der Waals surface area contributed by atoms with E-state index in [0.717, 1.165) is 0 Å². The zero-order valence-corrected chi connectivity index (χ0v) is 9.78. The molecule has 1 aromatic carbocycles. The van der Waals surface area contributed by atoms with Gasteiger partial charge in [0.1, 0.15) is 11.6 Å². The van der Waals surface area contributed by atoms with Crippen LogP contribution in [-0.4, -0.2) is 19.1 Å². The van der Waals surface area contributed by atoms with Crippen molar-refractivity contribution in [3.8, 4) is 5.75 Å². The Balaban J connectivity index is 2.72. The van der Waals surface area contributed by atoms with E-state index in [1.807, 2.05) is 0 Å². The van der Waals surface area contributed by atoms with Crippen molar-refractivity contribution >= 4 is 5.91 Å². The number of amides is 1. The average Bonchev–Trinajstić information content (AvgIpc) is 2.28. The van der Waals surface area contributed by atoms with Crippen molar-refractivity contribution in [2.45, 2.75) is 13.3 Å². The summed E-state index contributed by atoms with van der Waals surface area (Å²) in [5, 5.41) is 0. The van der Waals surface area contributed by atoms with E-state index in [9.17, 15) is 9.18 Å². The Bertz CT molecular complexity index is 396. The van der Waals surface area contributed by atoms with Crippen molar-refractivity contribution in [1.29, 1.82) is 0 Å². The first-order chi connectivity index (χ1) is 8.04. The Morgan fingerprint density at radius 1 is 1.53 bits per heavy atom. The molecule has 1 atom stereocenters. The van der Waals surface area contributed by atoms with Gasteiger partial charge in [0.25, 0.3) is 0 Å². The summed E-state index contributed by atoms with van der Waals surface area (Å²) < 4.78 is 18.5. The minimum Gasteiger partial charge on any atom is -0.492 e. The van der Waals surface area contributed by atoms with Gasteiger partial charge in [-0.15, -0.1) is 0 Å². The third-order valence-electron chi connectivity index (χ3n) is 2.41. The van der Waals surface area contributed by atoms with Crippen LogP contribution in [0.3, 0.4) is 0 Å². The number of rotatable bonds is 6. The molecule has 94 valence electrons. The minimum atomic E-state index is -0.424. The largest absolute Gasteiger partial charge is 0.492 e. The second kappa shape index (κ2) is 6.20. The topological polar surface area (TPSA) is 78.3 Å². The second-order valence-corrected chi connectivity index (χ2v) is 3.91. The van der Waals surface area contributed by atoms with Crippen molar-refractivity contribution < 1.29 is 13.9 Å². The van der Waals surface area contributed by atoms with Crippen LogP contribution < -0.4 is 16.2 Å². The first-order valence-electron chi connectivity index (χ1n) is 5.45. The lowest BCUT2D eigenvalue weighted by molar-refractivity contribution is -0.122. The molecule has 0 aromatic heterocycles.